The van der Waals surface area contributed by atoms with Gasteiger partial charge in [0.1, 0.15) is 0 Å². The molecule has 3 heteroatoms. The van der Waals surface area contributed by atoms with E-state index in [-0.39, 0.29) is 0 Å². The normalized spacial score (nSPS) is 18.4. The number of hydrogen-bond donors (Lipinski definition) is 0. The lowest BCUT2D eigenvalue weighted by atomic mass is 10.4. The van der Waals surface area contributed by atoms with Gasteiger partial charge in [-0.05, 0) is 13.8 Å². The highest BCUT2D eigenvalue weighted by atomic mass is 15.2. The van der Waals surface area contributed by atoms with Crippen LogP contribution in [-0.2, 0) is 0 Å². The Bertz CT molecular complexity index is 188. The molecule has 1 aliphatic heterocycles. The zero-order valence-corrected chi connectivity index (χ0v) is 5.63. The molecule has 0 saturated carbocycles. The van der Waals surface area contributed by atoms with E-state index in [0.717, 1.165) is 11.4 Å². The molecule has 1 heterocycles. The van der Waals surface area contributed by atoms with Crippen molar-refractivity contribution in [2.45, 2.75) is 13.8 Å². The van der Waals surface area contributed by atoms with Crippen LogP contribution in [0.2, 0.25) is 0 Å². The van der Waals surface area contributed by atoms with Crippen molar-refractivity contribution in [3.63, 3.8) is 0 Å². The van der Waals surface area contributed by atoms with Gasteiger partial charge in [0.05, 0.1) is 18.0 Å². The summed E-state index contributed by atoms with van der Waals surface area (Å²) in [6, 6.07) is 0. The lowest BCUT2D eigenvalue weighted by molar-refractivity contribution is 1.20. The number of aliphatic imine (C=N–C) groups is 1. The highest BCUT2D eigenvalue weighted by molar-refractivity contribution is 6.30. The highest BCUT2D eigenvalue weighted by Gasteiger charge is 1.92. The molecule has 48 valence electrons. The standard InChI is InChI=1S/C6H9N3/c1-5-3-7-4-6(2)9-8-5/h3H,4H2,1-2H3. The van der Waals surface area contributed by atoms with Gasteiger partial charge < -0.3 is 0 Å². The zero-order valence-electron chi connectivity index (χ0n) is 5.63. The summed E-state index contributed by atoms with van der Waals surface area (Å²) >= 11 is 0. The second-order valence-corrected chi connectivity index (χ2v) is 2.05. The summed E-state index contributed by atoms with van der Waals surface area (Å²) in [7, 11) is 0. The fourth-order valence-corrected chi connectivity index (χ4v) is 0.532. The molecule has 0 N–H and O–H groups in total. The van der Waals surface area contributed by atoms with Crippen LogP contribution >= 0.6 is 0 Å². The average Bonchev–Trinajstić information content (AvgIpc) is 1.97. The van der Waals surface area contributed by atoms with Crippen LogP contribution in [0.5, 0.6) is 0 Å². The molecule has 0 atom stereocenters. The summed E-state index contributed by atoms with van der Waals surface area (Å²) in [6.45, 7) is 4.48. The summed E-state index contributed by atoms with van der Waals surface area (Å²) in [6.07, 6.45) is 1.74. The third-order valence-corrected chi connectivity index (χ3v) is 0.977. The van der Waals surface area contributed by atoms with Crippen LogP contribution in [0.4, 0.5) is 0 Å². The maximum Gasteiger partial charge on any atom is 0.0788 e. The van der Waals surface area contributed by atoms with Gasteiger partial charge in [0, 0.05) is 6.21 Å². The van der Waals surface area contributed by atoms with Gasteiger partial charge in [-0.1, -0.05) is 0 Å². The first-order valence-electron chi connectivity index (χ1n) is 2.86. The lowest BCUT2D eigenvalue weighted by Gasteiger charge is -1.83. The number of hydrogen-bond acceptors (Lipinski definition) is 3. The van der Waals surface area contributed by atoms with Crippen molar-refractivity contribution in [3.05, 3.63) is 0 Å². The largest absolute Gasteiger partial charge is 0.285 e. The molecular formula is C6H9N3. The third kappa shape index (κ3) is 1.76. The monoisotopic (exact) mass is 123 g/mol. The Kier molecular flexibility index (Phi) is 1.72. The smallest absolute Gasteiger partial charge is 0.0788 e. The fraction of sp³-hybridized carbons (Fsp3) is 0.500. The molecule has 0 aromatic heterocycles. The molecule has 0 saturated heterocycles. The third-order valence-electron chi connectivity index (χ3n) is 0.977. The topological polar surface area (TPSA) is 37.1 Å². The summed E-state index contributed by atoms with van der Waals surface area (Å²) in [5, 5.41) is 7.74. The van der Waals surface area contributed by atoms with E-state index in [2.05, 4.69) is 15.2 Å². The lowest BCUT2D eigenvalue weighted by Crippen LogP contribution is -1.93. The number of rotatable bonds is 0. The second-order valence-electron chi connectivity index (χ2n) is 2.05. The van der Waals surface area contributed by atoms with E-state index in [1.165, 1.54) is 0 Å². The van der Waals surface area contributed by atoms with Gasteiger partial charge in [-0.15, -0.1) is 0 Å². The van der Waals surface area contributed by atoms with E-state index in [4.69, 9.17) is 0 Å². The second kappa shape index (κ2) is 2.53. The SMILES string of the molecule is CC1=NN=C(C)CN=C1. The van der Waals surface area contributed by atoms with Crippen LogP contribution in [0, 0.1) is 0 Å². The van der Waals surface area contributed by atoms with Crippen LogP contribution in [0.1, 0.15) is 13.8 Å². The van der Waals surface area contributed by atoms with Crippen molar-refractivity contribution in [1.82, 2.24) is 0 Å². The Hall–Kier alpha value is -0.990. The molecule has 0 fully saturated rings. The summed E-state index contributed by atoms with van der Waals surface area (Å²) in [4.78, 5) is 4.05. The molecule has 0 bridgehead atoms. The molecular weight excluding hydrogens is 114 g/mol. The van der Waals surface area contributed by atoms with Gasteiger partial charge in [-0.2, -0.15) is 10.2 Å². The van der Waals surface area contributed by atoms with E-state index >= 15 is 0 Å². The van der Waals surface area contributed by atoms with Gasteiger partial charge >= 0.3 is 0 Å². The molecule has 0 unspecified atom stereocenters. The van der Waals surface area contributed by atoms with Gasteiger partial charge in [-0.25, -0.2) is 0 Å². The molecule has 0 spiro atoms. The van der Waals surface area contributed by atoms with Gasteiger partial charge in [0.25, 0.3) is 0 Å². The van der Waals surface area contributed by atoms with Gasteiger partial charge in [0.15, 0.2) is 0 Å². The van der Waals surface area contributed by atoms with E-state index in [0.29, 0.717) is 6.54 Å². The molecule has 1 rings (SSSR count). The minimum atomic E-state index is 0.681. The van der Waals surface area contributed by atoms with E-state index < -0.39 is 0 Å². The molecule has 0 aromatic carbocycles. The first-order valence-corrected chi connectivity index (χ1v) is 2.86. The van der Waals surface area contributed by atoms with Crippen molar-refractivity contribution in [1.29, 1.82) is 0 Å². The highest BCUT2D eigenvalue weighted by Crippen LogP contribution is 1.87. The van der Waals surface area contributed by atoms with Crippen molar-refractivity contribution in [2.24, 2.45) is 15.2 Å². The predicted molar refractivity (Wildman–Crippen MR) is 39.6 cm³/mol. The molecule has 0 amide bonds. The van der Waals surface area contributed by atoms with Crippen molar-refractivity contribution in [2.75, 3.05) is 6.54 Å². The fourth-order valence-electron chi connectivity index (χ4n) is 0.532. The van der Waals surface area contributed by atoms with Crippen LogP contribution < -0.4 is 0 Å². The van der Waals surface area contributed by atoms with Crippen molar-refractivity contribution < 1.29 is 0 Å². The van der Waals surface area contributed by atoms with Gasteiger partial charge in [0.2, 0.25) is 0 Å². The Morgan fingerprint density at radius 3 is 2.89 bits per heavy atom. The van der Waals surface area contributed by atoms with E-state index in [1.54, 1.807) is 6.21 Å². The molecule has 1 aliphatic rings. The molecule has 0 radical (unpaired) electrons. The quantitative estimate of drug-likeness (QED) is 0.459. The first-order chi connectivity index (χ1) is 4.29. The van der Waals surface area contributed by atoms with Gasteiger partial charge in [-0.3, -0.25) is 4.99 Å². The summed E-state index contributed by atoms with van der Waals surface area (Å²) in [5.74, 6) is 0. The van der Waals surface area contributed by atoms with Crippen LogP contribution in [0.15, 0.2) is 15.2 Å². The van der Waals surface area contributed by atoms with Crippen LogP contribution in [0.25, 0.3) is 0 Å². The Morgan fingerprint density at radius 2 is 2.11 bits per heavy atom. The summed E-state index contributed by atoms with van der Waals surface area (Å²) < 4.78 is 0. The van der Waals surface area contributed by atoms with Crippen LogP contribution in [-0.4, -0.2) is 24.2 Å². The van der Waals surface area contributed by atoms with Crippen molar-refractivity contribution in [3.8, 4) is 0 Å². The minimum absolute atomic E-state index is 0.681. The van der Waals surface area contributed by atoms with Crippen molar-refractivity contribution >= 4 is 17.6 Å². The maximum atomic E-state index is 4.05. The van der Waals surface area contributed by atoms with E-state index in [1.807, 2.05) is 13.8 Å². The molecule has 3 nitrogen and oxygen atoms in total. The van der Waals surface area contributed by atoms with Crippen LogP contribution in [0.3, 0.4) is 0 Å². The zero-order chi connectivity index (χ0) is 6.69. The Morgan fingerprint density at radius 1 is 1.33 bits per heavy atom. The maximum absolute atomic E-state index is 4.05. The minimum Gasteiger partial charge on any atom is -0.285 e. The molecule has 0 aromatic rings. The molecule has 9 heavy (non-hydrogen) atoms. The Balaban J connectivity index is 2.80. The number of nitrogens with zero attached hydrogens (tertiary/aromatic N) is 3. The molecule has 0 aliphatic carbocycles. The first kappa shape index (κ1) is 6.13. The Labute approximate surface area is 54.2 Å². The van der Waals surface area contributed by atoms with E-state index in [9.17, 15) is 0 Å². The summed E-state index contributed by atoms with van der Waals surface area (Å²) in [5.41, 5.74) is 1.83. The predicted octanol–water partition coefficient (Wildman–Crippen LogP) is 0.908. The average molecular weight is 123 g/mol.